The second kappa shape index (κ2) is 9.12. The summed E-state index contributed by atoms with van der Waals surface area (Å²) in [6.07, 6.45) is 7.38. The molecule has 0 radical (unpaired) electrons. The Morgan fingerprint density at radius 2 is 2.17 bits per heavy atom. The molecule has 0 spiro atoms. The van der Waals surface area contributed by atoms with Crippen LogP contribution in [0.2, 0.25) is 0 Å². The number of nitrogens with one attached hydrogen (secondary N) is 1. The van der Waals surface area contributed by atoms with Gasteiger partial charge < -0.3 is 19.3 Å². The van der Waals surface area contributed by atoms with Gasteiger partial charge in [-0.05, 0) is 70.2 Å². The Balaban J connectivity index is 1.52. The first-order valence-corrected chi connectivity index (χ1v) is 11.1. The fourth-order valence-electron chi connectivity index (χ4n) is 4.24. The predicted octanol–water partition coefficient (Wildman–Crippen LogP) is 2.47. The van der Waals surface area contributed by atoms with Crippen molar-refractivity contribution >= 4 is 5.91 Å². The van der Waals surface area contributed by atoms with Crippen molar-refractivity contribution in [3.05, 3.63) is 45.5 Å². The zero-order valence-electron chi connectivity index (χ0n) is 17.9. The van der Waals surface area contributed by atoms with Crippen molar-refractivity contribution in [2.75, 3.05) is 19.6 Å². The average molecular weight is 414 g/mol. The van der Waals surface area contributed by atoms with E-state index in [-0.39, 0.29) is 23.6 Å². The normalized spacial score (nSPS) is 19.5. The summed E-state index contributed by atoms with van der Waals surface area (Å²) in [4.78, 5) is 32.5. The van der Waals surface area contributed by atoms with Crippen molar-refractivity contribution < 1.29 is 9.32 Å². The minimum atomic E-state index is -0.272. The quantitative estimate of drug-likeness (QED) is 0.750. The zero-order chi connectivity index (χ0) is 21.1. The molecule has 1 saturated heterocycles. The van der Waals surface area contributed by atoms with Gasteiger partial charge in [-0.25, -0.2) is 0 Å². The summed E-state index contributed by atoms with van der Waals surface area (Å²) in [6, 6.07) is 1.86. The first-order chi connectivity index (χ1) is 14.6. The SMILES string of the molecule is CCN(Cc1noc(C2CCC2)n1)C(=O)c1c(C)ccn(CC2CCCNC2)c1=O. The van der Waals surface area contributed by atoms with E-state index in [4.69, 9.17) is 4.52 Å². The molecule has 0 aromatic carbocycles. The van der Waals surface area contributed by atoms with E-state index in [9.17, 15) is 9.59 Å². The number of pyridine rings is 1. The van der Waals surface area contributed by atoms with E-state index < -0.39 is 0 Å². The highest BCUT2D eigenvalue weighted by molar-refractivity contribution is 5.95. The molecule has 4 rings (SSSR count). The fourth-order valence-corrected chi connectivity index (χ4v) is 4.24. The monoisotopic (exact) mass is 413 g/mol. The molecule has 2 aliphatic rings. The third-order valence-electron chi connectivity index (χ3n) is 6.38. The number of hydrogen-bond acceptors (Lipinski definition) is 6. The van der Waals surface area contributed by atoms with Gasteiger partial charge in [0.05, 0.1) is 6.54 Å². The molecule has 2 aromatic heterocycles. The first-order valence-electron chi connectivity index (χ1n) is 11.1. The lowest BCUT2D eigenvalue weighted by Crippen LogP contribution is -2.39. The molecule has 1 aliphatic carbocycles. The molecule has 1 N–H and O–H groups in total. The molecule has 8 nitrogen and oxygen atoms in total. The van der Waals surface area contributed by atoms with Crippen LogP contribution >= 0.6 is 0 Å². The van der Waals surface area contributed by atoms with Crippen LogP contribution in [-0.4, -0.2) is 45.1 Å². The molecule has 1 unspecified atom stereocenters. The molecule has 1 saturated carbocycles. The van der Waals surface area contributed by atoms with E-state index in [0.717, 1.165) is 38.8 Å². The van der Waals surface area contributed by atoms with E-state index in [1.807, 2.05) is 26.1 Å². The number of aromatic nitrogens is 3. The lowest BCUT2D eigenvalue weighted by molar-refractivity contribution is 0.0744. The lowest BCUT2D eigenvalue weighted by Gasteiger charge is -2.24. The van der Waals surface area contributed by atoms with Crippen molar-refractivity contribution in [2.45, 2.75) is 65.0 Å². The first kappa shape index (κ1) is 20.8. The van der Waals surface area contributed by atoms with Crippen LogP contribution in [0.1, 0.15) is 72.6 Å². The minimum absolute atomic E-state index is 0.215. The molecule has 162 valence electrons. The van der Waals surface area contributed by atoms with Gasteiger partial charge in [-0.2, -0.15) is 4.98 Å². The van der Waals surface area contributed by atoms with E-state index in [1.165, 1.54) is 6.42 Å². The maximum absolute atomic E-state index is 13.3. The van der Waals surface area contributed by atoms with Crippen molar-refractivity contribution in [1.82, 2.24) is 24.9 Å². The largest absolute Gasteiger partial charge is 0.339 e. The third-order valence-corrected chi connectivity index (χ3v) is 6.38. The Morgan fingerprint density at radius 1 is 1.33 bits per heavy atom. The van der Waals surface area contributed by atoms with Crippen LogP contribution < -0.4 is 10.9 Å². The topological polar surface area (TPSA) is 93.3 Å². The number of aryl methyl sites for hydroxylation is 1. The predicted molar refractivity (Wildman–Crippen MR) is 112 cm³/mol. The number of carbonyl (C=O) groups excluding carboxylic acids is 1. The molecule has 2 fully saturated rings. The molecular formula is C22H31N5O3. The van der Waals surface area contributed by atoms with Gasteiger partial charge in [-0.15, -0.1) is 0 Å². The summed E-state index contributed by atoms with van der Waals surface area (Å²) in [6.45, 7) is 7.00. The van der Waals surface area contributed by atoms with E-state index in [2.05, 4.69) is 15.5 Å². The Hall–Kier alpha value is -2.48. The number of hydrogen-bond donors (Lipinski definition) is 1. The van der Waals surface area contributed by atoms with Gasteiger partial charge in [0.1, 0.15) is 5.56 Å². The number of carbonyl (C=O) groups is 1. The maximum Gasteiger partial charge on any atom is 0.263 e. The van der Waals surface area contributed by atoms with Gasteiger partial charge in [-0.1, -0.05) is 11.6 Å². The summed E-state index contributed by atoms with van der Waals surface area (Å²) in [7, 11) is 0. The number of amides is 1. The van der Waals surface area contributed by atoms with Crippen molar-refractivity contribution in [1.29, 1.82) is 0 Å². The van der Waals surface area contributed by atoms with Gasteiger partial charge in [-0.3, -0.25) is 9.59 Å². The highest BCUT2D eigenvalue weighted by Crippen LogP contribution is 2.35. The zero-order valence-corrected chi connectivity index (χ0v) is 17.9. The van der Waals surface area contributed by atoms with E-state index >= 15 is 0 Å². The highest BCUT2D eigenvalue weighted by atomic mass is 16.5. The van der Waals surface area contributed by atoms with Gasteiger partial charge in [0, 0.05) is 25.2 Å². The summed E-state index contributed by atoms with van der Waals surface area (Å²) in [5, 5.41) is 7.44. The smallest absolute Gasteiger partial charge is 0.263 e. The van der Waals surface area contributed by atoms with Crippen molar-refractivity contribution in [3.8, 4) is 0 Å². The van der Waals surface area contributed by atoms with Crippen molar-refractivity contribution in [2.24, 2.45) is 5.92 Å². The molecule has 30 heavy (non-hydrogen) atoms. The van der Waals surface area contributed by atoms with Crippen molar-refractivity contribution in [3.63, 3.8) is 0 Å². The molecule has 1 aliphatic heterocycles. The molecule has 3 heterocycles. The second-order valence-corrected chi connectivity index (χ2v) is 8.54. The highest BCUT2D eigenvalue weighted by Gasteiger charge is 2.27. The number of nitrogens with zero attached hydrogens (tertiary/aromatic N) is 4. The van der Waals surface area contributed by atoms with E-state index in [1.54, 1.807) is 9.47 Å². The molecule has 1 amide bonds. The average Bonchev–Trinajstić information content (AvgIpc) is 3.15. The van der Waals surface area contributed by atoms with Crippen LogP contribution in [0.15, 0.2) is 21.6 Å². The Bertz CT molecular complexity index is 940. The fraction of sp³-hybridized carbons (Fsp3) is 0.636. The van der Waals surface area contributed by atoms with Gasteiger partial charge in [0.15, 0.2) is 5.82 Å². The van der Waals surface area contributed by atoms with Crippen LogP contribution in [0.3, 0.4) is 0 Å². The van der Waals surface area contributed by atoms with Gasteiger partial charge in [0.25, 0.3) is 11.5 Å². The van der Waals surface area contributed by atoms with Crippen LogP contribution in [0.5, 0.6) is 0 Å². The summed E-state index contributed by atoms with van der Waals surface area (Å²) < 4.78 is 7.07. The summed E-state index contributed by atoms with van der Waals surface area (Å²) in [5.74, 6) is 1.66. The molecule has 0 bridgehead atoms. The summed E-state index contributed by atoms with van der Waals surface area (Å²) >= 11 is 0. The number of rotatable bonds is 7. The van der Waals surface area contributed by atoms with Crippen LogP contribution in [-0.2, 0) is 13.1 Å². The Labute approximate surface area is 176 Å². The van der Waals surface area contributed by atoms with Gasteiger partial charge in [0.2, 0.25) is 5.89 Å². The van der Waals surface area contributed by atoms with Crippen LogP contribution in [0.4, 0.5) is 0 Å². The molecular weight excluding hydrogens is 382 g/mol. The molecule has 2 aromatic rings. The molecule has 1 atom stereocenters. The lowest BCUT2D eigenvalue weighted by atomic mass is 9.85. The standard InChI is InChI=1S/C22H31N5O3/c1-3-26(14-18-24-20(30-25-18)17-7-4-8-17)21(28)19-15(2)9-11-27(22(19)29)13-16-6-5-10-23-12-16/h9,11,16-17,23H,3-8,10,12-14H2,1-2H3. The third kappa shape index (κ3) is 4.33. The minimum Gasteiger partial charge on any atom is -0.339 e. The van der Waals surface area contributed by atoms with Crippen LogP contribution in [0.25, 0.3) is 0 Å². The second-order valence-electron chi connectivity index (χ2n) is 8.54. The number of piperidine rings is 1. The van der Waals surface area contributed by atoms with E-state index in [0.29, 0.717) is 42.2 Å². The molecule has 8 heteroatoms. The Morgan fingerprint density at radius 3 is 2.83 bits per heavy atom. The summed E-state index contributed by atoms with van der Waals surface area (Å²) in [5.41, 5.74) is 0.725. The van der Waals surface area contributed by atoms with Gasteiger partial charge >= 0.3 is 0 Å². The van der Waals surface area contributed by atoms with Crippen LogP contribution in [0, 0.1) is 12.8 Å². The maximum atomic E-state index is 13.3. The Kier molecular flexibility index (Phi) is 6.32.